The topological polar surface area (TPSA) is 46.5 Å². The van der Waals surface area contributed by atoms with E-state index in [9.17, 15) is 9.90 Å². The standard InChI is InChI=1S/C11H18O3/c1-11(10(12)13,8-6-7-8)14-9-4-2-3-5-9/h8-9H,2-7H2,1H3,(H,12,13). The molecule has 0 radical (unpaired) electrons. The van der Waals surface area contributed by atoms with Crippen LogP contribution in [0, 0.1) is 5.92 Å². The summed E-state index contributed by atoms with van der Waals surface area (Å²) >= 11 is 0. The number of rotatable bonds is 4. The molecule has 2 rings (SSSR count). The van der Waals surface area contributed by atoms with Gasteiger partial charge in [-0.15, -0.1) is 0 Å². The summed E-state index contributed by atoms with van der Waals surface area (Å²) < 4.78 is 5.78. The van der Waals surface area contributed by atoms with Gasteiger partial charge in [0, 0.05) is 0 Å². The summed E-state index contributed by atoms with van der Waals surface area (Å²) in [6.07, 6.45) is 6.66. The fraction of sp³-hybridized carbons (Fsp3) is 0.909. The predicted molar refractivity (Wildman–Crippen MR) is 52.1 cm³/mol. The first-order chi connectivity index (χ1) is 6.63. The zero-order valence-electron chi connectivity index (χ0n) is 8.66. The smallest absolute Gasteiger partial charge is 0.335 e. The molecule has 0 aromatic heterocycles. The van der Waals surface area contributed by atoms with Gasteiger partial charge in [-0.3, -0.25) is 0 Å². The van der Waals surface area contributed by atoms with Crippen LogP contribution in [0.25, 0.3) is 0 Å². The third kappa shape index (κ3) is 1.78. The second-order valence-electron chi connectivity index (χ2n) is 4.71. The number of hydrogen-bond acceptors (Lipinski definition) is 2. The highest BCUT2D eigenvalue weighted by molar-refractivity contribution is 5.78. The van der Waals surface area contributed by atoms with Crippen LogP contribution in [-0.2, 0) is 9.53 Å². The second-order valence-corrected chi connectivity index (χ2v) is 4.71. The van der Waals surface area contributed by atoms with E-state index in [2.05, 4.69) is 0 Å². The quantitative estimate of drug-likeness (QED) is 0.753. The van der Waals surface area contributed by atoms with Crippen LogP contribution in [0.1, 0.15) is 45.4 Å². The van der Waals surface area contributed by atoms with E-state index in [1.54, 1.807) is 6.92 Å². The Morgan fingerprint density at radius 3 is 2.29 bits per heavy atom. The SMILES string of the molecule is CC(OC1CCCC1)(C(=O)O)C1CC1. The first-order valence-corrected chi connectivity index (χ1v) is 5.54. The maximum atomic E-state index is 11.2. The van der Waals surface area contributed by atoms with Crippen LogP contribution in [0.15, 0.2) is 0 Å². The van der Waals surface area contributed by atoms with E-state index < -0.39 is 11.6 Å². The molecular weight excluding hydrogens is 180 g/mol. The van der Waals surface area contributed by atoms with Crippen molar-refractivity contribution in [3.63, 3.8) is 0 Å². The van der Waals surface area contributed by atoms with Gasteiger partial charge < -0.3 is 9.84 Å². The van der Waals surface area contributed by atoms with Crippen LogP contribution in [0.2, 0.25) is 0 Å². The van der Waals surface area contributed by atoms with Crippen LogP contribution in [0.5, 0.6) is 0 Å². The summed E-state index contributed by atoms with van der Waals surface area (Å²) in [7, 11) is 0. The maximum absolute atomic E-state index is 11.2. The van der Waals surface area contributed by atoms with Gasteiger partial charge in [0.05, 0.1) is 6.10 Å². The van der Waals surface area contributed by atoms with Gasteiger partial charge in [0.2, 0.25) is 0 Å². The van der Waals surface area contributed by atoms with E-state index in [4.69, 9.17) is 4.74 Å². The number of aliphatic carboxylic acids is 1. The zero-order valence-corrected chi connectivity index (χ0v) is 8.66. The predicted octanol–water partition coefficient (Wildman–Crippen LogP) is 2.20. The van der Waals surface area contributed by atoms with Crippen molar-refractivity contribution in [3.8, 4) is 0 Å². The lowest BCUT2D eigenvalue weighted by Gasteiger charge is -2.28. The number of hydrogen-bond donors (Lipinski definition) is 1. The maximum Gasteiger partial charge on any atom is 0.335 e. The van der Waals surface area contributed by atoms with E-state index in [1.807, 2.05) is 0 Å². The molecule has 2 aliphatic rings. The van der Waals surface area contributed by atoms with Gasteiger partial charge in [-0.25, -0.2) is 4.79 Å². The van der Waals surface area contributed by atoms with Crippen LogP contribution < -0.4 is 0 Å². The Morgan fingerprint density at radius 1 is 1.29 bits per heavy atom. The molecule has 0 aliphatic heterocycles. The van der Waals surface area contributed by atoms with Crippen LogP contribution in [0.3, 0.4) is 0 Å². The lowest BCUT2D eigenvalue weighted by atomic mass is 10.00. The molecular formula is C11H18O3. The van der Waals surface area contributed by atoms with Crippen LogP contribution in [-0.4, -0.2) is 22.8 Å². The monoisotopic (exact) mass is 198 g/mol. The van der Waals surface area contributed by atoms with Gasteiger partial charge in [-0.2, -0.15) is 0 Å². The highest BCUT2D eigenvalue weighted by Crippen LogP contribution is 2.43. The Hall–Kier alpha value is -0.570. The summed E-state index contributed by atoms with van der Waals surface area (Å²) in [5.74, 6) is -0.535. The second kappa shape index (κ2) is 3.54. The molecule has 2 aliphatic carbocycles. The van der Waals surface area contributed by atoms with Crippen molar-refractivity contribution in [2.45, 2.75) is 57.2 Å². The number of ether oxygens (including phenoxy) is 1. The molecule has 0 aromatic carbocycles. The van der Waals surface area contributed by atoms with E-state index in [-0.39, 0.29) is 12.0 Å². The molecule has 1 N–H and O–H groups in total. The Balaban J connectivity index is 1.99. The summed E-state index contributed by atoms with van der Waals surface area (Å²) in [6, 6.07) is 0. The summed E-state index contributed by atoms with van der Waals surface area (Å²) in [5.41, 5.74) is -0.908. The van der Waals surface area contributed by atoms with Crippen molar-refractivity contribution < 1.29 is 14.6 Å². The fourth-order valence-corrected chi connectivity index (χ4v) is 2.31. The van der Waals surface area contributed by atoms with Gasteiger partial charge in [0.25, 0.3) is 0 Å². The molecule has 0 aromatic rings. The summed E-state index contributed by atoms with van der Waals surface area (Å²) in [4.78, 5) is 11.2. The van der Waals surface area contributed by atoms with Crippen LogP contribution >= 0.6 is 0 Å². The Morgan fingerprint density at radius 2 is 1.86 bits per heavy atom. The molecule has 2 saturated carbocycles. The Bertz CT molecular complexity index is 229. The third-order valence-corrected chi connectivity index (χ3v) is 3.49. The normalized spacial score (nSPS) is 27.5. The molecule has 1 atom stereocenters. The van der Waals surface area contributed by atoms with Gasteiger partial charge in [0.1, 0.15) is 0 Å². The number of carboxylic acids is 1. The first-order valence-electron chi connectivity index (χ1n) is 5.54. The first kappa shape index (κ1) is 9.97. The van der Waals surface area contributed by atoms with Crippen molar-refractivity contribution in [2.75, 3.05) is 0 Å². The fourth-order valence-electron chi connectivity index (χ4n) is 2.31. The van der Waals surface area contributed by atoms with Crippen molar-refractivity contribution in [1.29, 1.82) is 0 Å². The minimum absolute atomic E-state index is 0.191. The number of carboxylic acid groups (broad SMARTS) is 1. The third-order valence-electron chi connectivity index (χ3n) is 3.49. The summed E-state index contributed by atoms with van der Waals surface area (Å²) in [5, 5.41) is 9.18. The lowest BCUT2D eigenvalue weighted by Crippen LogP contribution is -2.43. The van der Waals surface area contributed by atoms with Crippen molar-refractivity contribution in [3.05, 3.63) is 0 Å². The minimum atomic E-state index is -0.908. The average Bonchev–Trinajstić information content (AvgIpc) is 2.87. The molecule has 1 unspecified atom stereocenters. The van der Waals surface area contributed by atoms with Crippen molar-refractivity contribution >= 4 is 5.97 Å². The van der Waals surface area contributed by atoms with Crippen LogP contribution in [0.4, 0.5) is 0 Å². The van der Waals surface area contributed by atoms with Gasteiger partial charge in [-0.1, -0.05) is 12.8 Å². The Labute approximate surface area is 84.4 Å². The lowest BCUT2D eigenvalue weighted by molar-refractivity contribution is -0.174. The molecule has 0 saturated heterocycles. The molecule has 0 heterocycles. The van der Waals surface area contributed by atoms with Gasteiger partial charge in [-0.05, 0) is 38.5 Å². The van der Waals surface area contributed by atoms with Crippen molar-refractivity contribution in [1.82, 2.24) is 0 Å². The van der Waals surface area contributed by atoms with E-state index in [0.29, 0.717) is 0 Å². The van der Waals surface area contributed by atoms with E-state index in [1.165, 1.54) is 12.8 Å². The average molecular weight is 198 g/mol. The highest BCUT2D eigenvalue weighted by Gasteiger charge is 2.50. The largest absolute Gasteiger partial charge is 0.479 e. The van der Waals surface area contributed by atoms with E-state index >= 15 is 0 Å². The molecule has 0 amide bonds. The van der Waals surface area contributed by atoms with Gasteiger partial charge in [0.15, 0.2) is 5.60 Å². The molecule has 14 heavy (non-hydrogen) atoms. The Kier molecular flexibility index (Phi) is 2.52. The highest BCUT2D eigenvalue weighted by atomic mass is 16.5. The summed E-state index contributed by atoms with van der Waals surface area (Å²) in [6.45, 7) is 1.74. The van der Waals surface area contributed by atoms with Crippen molar-refractivity contribution in [2.24, 2.45) is 5.92 Å². The molecule has 0 bridgehead atoms. The van der Waals surface area contributed by atoms with E-state index in [0.717, 1.165) is 25.7 Å². The molecule has 3 heteroatoms. The zero-order chi connectivity index (χ0) is 10.2. The number of carbonyl (C=O) groups is 1. The van der Waals surface area contributed by atoms with Gasteiger partial charge >= 0.3 is 5.97 Å². The molecule has 0 spiro atoms. The molecule has 3 nitrogen and oxygen atoms in total. The molecule has 2 fully saturated rings. The molecule has 80 valence electrons. The minimum Gasteiger partial charge on any atom is -0.479 e.